The molecule has 2 rings (SSSR count). The smallest absolute Gasteiger partial charge is 0.151 e. The van der Waals surface area contributed by atoms with E-state index in [4.69, 9.17) is 14.2 Å². The summed E-state index contributed by atoms with van der Waals surface area (Å²) in [6.07, 6.45) is -0.302. The lowest BCUT2D eigenvalue weighted by Crippen LogP contribution is -2.34. The number of hydrogen-bond acceptors (Lipinski definition) is 4. The largest absolute Gasteiger partial charge is 0.494 e. The van der Waals surface area contributed by atoms with E-state index in [-0.39, 0.29) is 12.2 Å². The second-order valence-corrected chi connectivity index (χ2v) is 5.19. The molecule has 1 N–H and O–H groups in total. The van der Waals surface area contributed by atoms with Gasteiger partial charge in [0.25, 0.3) is 0 Å². The van der Waals surface area contributed by atoms with Crippen molar-refractivity contribution in [1.82, 2.24) is 5.32 Å². The van der Waals surface area contributed by atoms with Crippen LogP contribution in [0.25, 0.3) is 0 Å². The van der Waals surface area contributed by atoms with Gasteiger partial charge in [0.1, 0.15) is 17.6 Å². The lowest BCUT2D eigenvalue weighted by molar-refractivity contribution is 0.00257. The van der Waals surface area contributed by atoms with Crippen LogP contribution < -0.4 is 14.8 Å². The molecule has 2 atom stereocenters. The van der Waals surface area contributed by atoms with E-state index in [9.17, 15) is 0 Å². The number of benzene rings is 2. The molecule has 124 valence electrons. The average molecular weight is 315 g/mol. The topological polar surface area (TPSA) is 39.7 Å². The first-order chi connectivity index (χ1) is 11.3. The van der Waals surface area contributed by atoms with Gasteiger partial charge in [-0.3, -0.25) is 0 Å². The molecule has 2 aromatic carbocycles. The van der Waals surface area contributed by atoms with Crippen LogP contribution in [-0.2, 0) is 4.74 Å². The summed E-state index contributed by atoms with van der Waals surface area (Å²) >= 11 is 0. The predicted octanol–water partition coefficient (Wildman–Crippen LogP) is 3.44. The van der Waals surface area contributed by atoms with Gasteiger partial charge in [0.2, 0.25) is 0 Å². The van der Waals surface area contributed by atoms with Crippen molar-refractivity contribution in [1.29, 1.82) is 0 Å². The maximum Gasteiger partial charge on any atom is 0.151 e. The fourth-order valence-electron chi connectivity index (χ4n) is 2.44. The first-order valence-electron chi connectivity index (χ1n) is 7.90. The molecular formula is C19H25NO3. The van der Waals surface area contributed by atoms with Gasteiger partial charge in [0.05, 0.1) is 6.61 Å². The molecule has 4 heteroatoms. The normalized spacial score (nSPS) is 13.3. The minimum absolute atomic E-state index is 0.0989. The summed E-state index contributed by atoms with van der Waals surface area (Å²) in [7, 11) is 3.61. The summed E-state index contributed by atoms with van der Waals surface area (Å²) in [6.45, 7) is 3.33. The van der Waals surface area contributed by atoms with Crippen LogP contribution in [0.3, 0.4) is 0 Å². The molecule has 2 aromatic rings. The number of hydrogen-bond donors (Lipinski definition) is 1. The maximum atomic E-state index is 6.20. The highest BCUT2D eigenvalue weighted by molar-refractivity contribution is 5.31. The Bertz CT molecular complexity index is 557. The van der Waals surface area contributed by atoms with Crippen molar-refractivity contribution in [2.24, 2.45) is 0 Å². The van der Waals surface area contributed by atoms with Crippen LogP contribution in [0.5, 0.6) is 11.5 Å². The molecule has 0 amide bonds. The van der Waals surface area contributed by atoms with Crippen molar-refractivity contribution in [2.75, 3.05) is 27.3 Å². The van der Waals surface area contributed by atoms with Crippen LogP contribution in [0.15, 0.2) is 54.6 Å². The Kier molecular flexibility index (Phi) is 6.91. The minimum Gasteiger partial charge on any atom is -0.494 e. The first kappa shape index (κ1) is 17.3. The van der Waals surface area contributed by atoms with Crippen LogP contribution >= 0.6 is 0 Å². The second kappa shape index (κ2) is 9.18. The monoisotopic (exact) mass is 315 g/mol. The molecular weight excluding hydrogens is 290 g/mol. The molecule has 0 bridgehead atoms. The zero-order valence-corrected chi connectivity index (χ0v) is 14.0. The van der Waals surface area contributed by atoms with E-state index in [1.807, 2.05) is 68.6 Å². The fourth-order valence-corrected chi connectivity index (χ4v) is 2.44. The minimum atomic E-state index is -0.203. The van der Waals surface area contributed by atoms with Gasteiger partial charge < -0.3 is 19.5 Å². The highest BCUT2D eigenvalue weighted by Crippen LogP contribution is 2.27. The molecule has 0 aliphatic carbocycles. The number of rotatable bonds is 9. The van der Waals surface area contributed by atoms with E-state index in [1.165, 1.54) is 0 Å². The maximum absolute atomic E-state index is 6.20. The molecule has 23 heavy (non-hydrogen) atoms. The summed E-state index contributed by atoms with van der Waals surface area (Å²) in [4.78, 5) is 0. The number of methoxy groups -OCH3 is 1. The van der Waals surface area contributed by atoms with E-state index >= 15 is 0 Å². The molecule has 0 aliphatic heterocycles. The average Bonchev–Trinajstić information content (AvgIpc) is 2.60. The van der Waals surface area contributed by atoms with Gasteiger partial charge in [-0.15, -0.1) is 0 Å². The quantitative estimate of drug-likeness (QED) is 0.769. The molecule has 0 aliphatic rings. The van der Waals surface area contributed by atoms with E-state index in [0.29, 0.717) is 13.2 Å². The molecule has 0 spiro atoms. The van der Waals surface area contributed by atoms with Gasteiger partial charge >= 0.3 is 0 Å². The number of likely N-dealkylation sites (N-methyl/N-ethyl adjacent to an activating group) is 1. The standard InChI is InChI=1S/C19H25NO3/c1-4-22-16-12-10-15(11-13-16)19(18(21-3)14-20-2)23-17-8-6-5-7-9-17/h5-13,18-20H,4,14H2,1-3H3. The van der Waals surface area contributed by atoms with Gasteiger partial charge in [-0.1, -0.05) is 30.3 Å². The Morgan fingerprint density at radius 1 is 0.957 bits per heavy atom. The van der Waals surface area contributed by atoms with E-state index < -0.39 is 0 Å². The third-order valence-electron chi connectivity index (χ3n) is 3.57. The zero-order chi connectivity index (χ0) is 16.5. The Balaban J connectivity index is 2.24. The van der Waals surface area contributed by atoms with Crippen molar-refractivity contribution >= 4 is 0 Å². The highest BCUT2D eigenvalue weighted by Gasteiger charge is 2.24. The fraction of sp³-hybridized carbons (Fsp3) is 0.368. The Hall–Kier alpha value is -2.04. The van der Waals surface area contributed by atoms with E-state index in [1.54, 1.807) is 7.11 Å². The van der Waals surface area contributed by atoms with Gasteiger partial charge in [-0.05, 0) is 43.8 Å². The molecule has 0 heterocycles. The summed E-state index contributed by atoms with van der Waals surface area (Å²) in [6, 6.07) is 17.8. The summed E-state index contributed by atoms with van der Waals surface area (Å²) in [5.74, 6) is 1.68. The second-order valence-electron chi connectivity index (χ2n) is 5.19. The first-order valence-corrected chi connectivity index (χ1v) is 7.90. The summed E-state index contributed by atoms with van der Waals surface area (Å²) < 4.78 is 17.3. The van der Waals surface area contributed by atoms with E-state index in [0.717, 1.165) is 17.1 Å². The van der Waals surface area contributed by atoms with Crippen LogP contribution in [-0.4, -0.2) is 33.4 Å². The predicted molar refractivity (Wildman–Crippen MR) is 92.1 cm³/mol. The lowest BCUT2D eigenvalue weighted by atomic mass is 10.0. The molecule has 4 nitrogen and oxygen atoms in total. The SMILES string of the molecule is CCOc1ccc(C(Oc2ccccc2)C(CNC)OC)cc1. The Labute approximate surface area is 138 Å². The zero-order valence-electron chi connectivity index (χ0n) is 14.0. The van der Waals surface area contributed by atoms with Gasteiger partial charge in [-0.2, -0.15) is 0 Å². The van der Waals surface area contributed by atoms with Gasteiger partial charge in [0, 0.05) is 13.7 Å². The van der Waals surface area contributed by atoms with Crippen molar-refractivity contribution in [2.45, 2.75) is 19.1 Å². The van der Waals surface area contributed by atoms with Crippen molar-refractivity contribution in [3.8, 4) is 11.5 Å². The van der Waals surface area contributed by atoms with Crippen LogP contribution in [0.4, 0.5) is 0 Å². The van der Waals surface area contributed by atoms with Crippen LogP contribution in [0, 0.1) is 0 Å². The lowest BCUT2D eigenvalue weighted by Gasteiger charge is -2.27. The van der Waals surface area contributed by atoms with E-state index in [2.05, 4.69) is 5.32 Å². The molecule has 0 saturated heterocycles. The Morgan fingerprint density at radius 2 is 1.65 bits per heavy atom. The van der Waals surface area contributed by atoms with Crippen molar-refractivity contribution < 1.29 is 14.2 Å². The third kappa shape index (κ3) is 4.98. The number of ether oxygens (including phenoxy) is 3. The van der Waals surface area contributed by atoms with Crippen molar-refractivity contribution in [3.63, 3.8) is 0 Å². The third-order valence-corrected chi connectivity index (χ3v) is 3.57. The van der Waals surface area contributed by atoms with Crippen LogP contribution in [0.1, 0.15) is 18.6 Å². The summed E-state index contributed by atoms with van der Waals surface area (Å²) in [5, 5.41) is 3.16. The molecule has 0 aromatic heterocycles. The highest BCUT2D eigenvalue weighted by atomic mass is 16.5. The van der Waals surface area contributed by atoms with Crippen molar-refractivity contribution in [3.05, 3.63) is 60.2 Å². The van der Waals surface area contributed by atoms with Gasteiger partial charge in [-0.25, -0.2) is 0 Å². The molecule has 0 radical (unpaired) electrons. The summed E-state index contributed by atoms with van der Waals surface area (Å²) in [5.41, 5.74) is 1.06. The molecule has 0 saturated carbocycles. The molecule has 0 fully saturated rings. The molecule has 2 unspecified atom stereocenters. The van der Waals surface area contributed by atoms with Gasteiger partial charge in [0.15, 0.2) is 6.10 Å². The number of nitrogens with one attached hydrogen (secondary N) is 1. The number of para-hydroxylation sites is 1. The van der Waals surface area contributed by atoms with Crippen LogP contribution in [0.2, 0.25) is 0 Å². The Morgan fingerprint density at radius 3 is 2.22 bits per heavy atom.